The van der Waals surface area contributed by atoms with E-state index in [1.807, 2.05) is 13.8 Å². The fraction of sp³-hybridized carbons (Fsp3) is 0.429. The molecule has 0 radical (unpaired) electrons. The number of ether oxygens (including phenoxy) is 1. The molecule has 1 N–H and O–H groups in total. The summed E-state index contributed by atoms with van der Waals surface area (Å²) in [6.07, 6.45) is 0. The molecule has 0 bridgehead atoms. The highest BCUT2D eigenvalue weighted by Crippen LogP contribution is 2.24. The van der Waals surface area contributed by atoms with Gasteiger partial charge in [0, 0.05) is 10.0 Å². The van der Waals surface area contributed by atoms with Crippen molar-refractivity contribution >= 4 is 29.1 Å². The zero-order chi connectivity index (χ0) is 15.3. The van der Waals surface area contributed by atoms with Crippen molar-refractivity contribution in [1.29, 1.82) is 5.26 Å². The Bertz CT molecular complexity index is 520. The van der Waals surface area contributed by atoms with E-state index in [1.54, 1.807) is 25.1 Å². The van der Waals surface area contributed by atoms with Gasteiger partial charge in [0.15, 0.2) is 6.61 Å². The van der Waals surface area contributed by atoms with Crippen LogP contribution in [0.15, 0.2) is 18.2 Å². The molecule has 0 fully saturated rings. The number of amides is 1. The predicted molar refractivity (Wildman–Crippen MR) is 79.0 cm³/mol. The van der Waals surface area contributed by atoms with Gasteiger partial charge in [0.05, 0.1) is 6.07 Å². The van der Waals surface area contributed by atoms with Crippen molar-refractivity contribution in [1.82, 2.24) is 5.32 Å². The Morgan fingerprint density at radius 3 is 2.40 bits per heavy atom. The van der Waals surface area contributed by atoms with Gasteiger partial charge in [0.2, 0.25) is 0 Å². The first-order valence-electron chi connectivity index (χ1n) is 6.08. The molecule has 6 heteroatoms. The molecule has 1 aromatic carbocycles. The molecular weight excluding hydrogens is 299 g/mol. The Hall–Kier alpha value is -1.44. The topological polar surface area (TPSA) is 62.1 Å². The summed E-state index contributed by atoms with van der Waals surface area (Å²) < 4.78 is 5.31. The van der Waals surface area contributed by atoms with E-state index in [0.29, 0.717) is 15.8 Å². The molecule has 1 aromatic rings. The van der Waals surface area contributed by atoms with Gasteiger partial charge in [-0.05, 0) is 31.0 Å². The summed E-state index contributed by atoms with van der Waals surface area (Å²) in [6.45, 7) is 5.19. The molecule has 0 aliphatic rings. The number of rotatable bonds is 5. The summed E-state index contributed by atoms with van der Waals surface area (Å²) in [7, 11) is 0. The smallest absolute Gasteiger partial charge is 0.259 e. The van der Waals surface area contributed by atoms with Crippen LogP contribution in [-0.2, 0) is 4.79 Å². The minimum Gasteiger partial charge on any atom is -0.484 e. The van der Waals surface area contributed by atoms with Crippen LogP contribution >= 0.6 is 23.2 Å². The molecule has 1 rings (SSSR count). The maximum Gasteiger partial charge on any atom is 0.259 e. The molecule has 0 heterocycles. The molecule has 20 heavy (non-hydrogen) atoms. The molecule has 0 saturated heterocycles. The molecule has 0 saturated carbocycles. The highest BCUT2D eigenvalue weighted by atomic mass is 35.5. The molecule has 1 atom stereocenters. The molecule has 0 aromatic heterocycles. The van der Waals surface area contributed by atoms with E-state index in [2.05, 4.69) is 11.4 Å². The molecule has 1 amide bonds. The van der Waals surface area contributed by atoms with E-state index in [9.17, 15) is 4.79 Å². The van der Waals surface area contributed by atoms with Crippen molar-refractivity contribution in [2.75, 3.05) is 6.61 Å². The zero-order valence-electron chi connectivity index (χ0n) is 11.5. The van der Waals surface area contributed by atoms with Gasteiger partial charge in [0.25, 0.3) is 5.91 Å². The maximum atomic E-state index is 11.8. The second-order valence-corrected chi connectivity index (χ2v) is 5.78. The number of benzene rings is 1. The lowest BCUT2D eigenvalue weighted by molar-refractivity contribution is -0.124. The minimum absolute atomic E-state index is 0.0166. The Morgan fingerprint density at radius 1 is 1.40 bits per heavy atom. The molecule has 0 unspecified atom stereocenters. The van der Waals surface area contributed by atoms with Gasteiger partial charge in [-0.3, -0.25) is 4.79 Å². The fourth-order valence-corrected chi connectivity index (χ4v) is 1.89. The van der Waals surface area contributed by atoms with Crippen LogP contribution in [0, 0.1) is 17.2 Å². The molecule has 108 valence electrons. The van der Waals surface area contributed by atoms with E-state index in [1.165, 1.54) is 0 Å². The van der Waals surface area contributed by atoms with Crippen LogP contribution in [0.1, 0.15) is 20.8 Å². The predicted octanol–water partition coefficient (Wildman–Crippen LogP) is 3.43. The number of carbonyl (C=O) groups is 1. The average Bonchev–Trinajstić information content (AvgIpc) is 2.35. The van der Waals surface area contributed by atoms with Gasteiger partial charge < -0.3 is 10.1 Å². The standard InChI is InChI=1S/C14H16Cl2N2O2/c1-9(2)14(3,8-17)18-13(19)7-20-12-5-10(15)4-11(16)6-12/h4-6,9H,7H2,1-3H3,(H,18,19)/t14-/m0/s1. The number of nitrogens with one attached hydrogen (secondary N) is 1. The first-order chi connectivity index (χ1) is 9.26. The normalized spacial score (nSPS) is 13.4. The van der Waals surface area contributed by atoms with Gasteiger partial charge in [-0.1, -0.05) is 37.0 Å². The Kier molecular flexibility index (Phi) is 5.67. The summed E-state index contributed by atoms with van der Waals surface area (Å²) in [5.41, 5.74) is -0.924. The van der Waals surface area contributed by atoms with Crippen LogP contribution in [-0.4, -0.2) is 18.1 Å². The number of halogens is 2. The lowest BCUT2D eigenvalue weighted by Gasteiger charge is -2.27. The Morgan fingerprint density at radius 2 is 1.95 bits per heavy atom. The number of nitrogens with zero attached hydrogens (tertiary/aromatic N) is 1. The SMILES string of the molecule is CC(C)[C@](C)(C#N)NC(=O)COc1cc(Cl)cc(Cl)c1. The summed E-state index contributed by atoms with van der Waals surface area (Å²) >= 11 is 11.7. The third-order valence-electron chi connectivity index (χ3n) is 2.99. The van der Waals surface area contributed by atoms with E-state index >= 15 is 0 Å². The van der Waals surface area contributed by atoms with Crippen LogP contribution in [0.4, 0.5) is 0 Å². The van der Waals surface area contributed by atoms with Crippen LogP contribution in [0.5, 0.6) is 5.75 Å². The summed E-state index contributed by atoms with van der Waals surface area (Å²) in [5.74, 6) is 0.0109. The third-order valence-corrected chi connectivity index (χ3v) is 3.43. The molecule has 0 spiro atoms. The second kappa shape index (κ2) is 6.83. The second-order valence-electron chi connectivity index (χ2n) is 4.91. The number of nitriles is 1. The van der Waals surface area contributed by atoms with Crippen LogP contribution in [0.2, 0.25) is 10.0 Å². The summed E-state index contributed by atoms with van der Waals surface area (Å²) in [4.78, 5) is 11.8. The summed E-state index contributed by atoms with van der Waals surface area (Å²) in [5, 5.41) is 12.6. The molecule has 0 aliphatic carbocycles. The van der Waals surface area contributed by atoms with Crippen molar-refractivity contribution in [3.63, 3.8) is 0 Å². The zero-order valence-corrected chi connectivity index (χ0v) is 13.0. The van der Waals surface area contributed by atoms with Crippen molar-refractivity contribution in [3.05, 3.63) is 28.2 Å². The largest absolute Gasteiger partial charge is 0.484 e. The lowest BCUT2D eigenvalue weighted by Crippen LogP contribution is -2.50. The lowest BCUT2D eigenvalue weighted by atomic mass is 9.90. The van der Waals surface area contributed by atoms with Gasteiger partial charge >= 0.3 is 0 Å². The van der Waals surface area contributed by atoms with E-state index in [4.69, 9.17) is 33.2 Å². The van der Waals surface area contributed by atoms with Gasteiger partial charge in [0.1, 0.15) is 11.3 Å². The molecule has 4 nitrogen and oxygen atoms in total. The number of hydrogen-bond donors (Lipinski definition) is 1. The monoisotopic (exact) mass is 314 g/mol. The molecule has 0 aliphatic heterocycles. The van der Waals surface area contributed by atoms with E-state index < -0.39 is 5.54 Å². The van der Waals surface area contributed by atoms with Gasteiger partial charge in [-0.2, -0.15) is 5.26 Å². The number of hydrogen-bond acceptors (Lipinski definition) is 3. The first kappa shape index (κ1) is 16.6. The third kappa shape index (κ3) is 4.59. The minimum atomic E-state index is -0.924. The van der Waals surface area contributed by atoms with Crippen molar-refractivity contribution in [2.45, 2.75) is 26.3 Å². The molecular formula is C14H16Cl2N2O2. The quantitative estimate of drug-likeness (QED) is 0.905. The van der Waals surface area contributed by atoms with Crippen molar-refractivity contribution in [2.24, 2.45) is 5.92 Å². The van der Waals surface area contributed by atoms with Gasteiger partial charge in [-0.25, -0.2) is 0 Å². The average molecular weight is 315 g/mol. The first-order valence-corrected chi connectivity index (χ1v) is 6.83. The highest BCUT2D eigenvalue weighted by Gasteiger charge is 2.29. The summed E-state index contributed by atoms with van der Waals surface area (Å²) in [6, 6.07) is 6.79. The van der Waals surface area contributed by atoms with Crippen LogP contribution in [0.3, 0.4) is 0 Å². The highest BCUT2D eigenvalue weighted by molar-refractivity contribution is 6.34. The van der Waals surface area contributed by atoms with Gasteiger partial charge in [-0.15, -0.1) is 0 Å². The Balaban J connectivity index is 2.62. The van der Waals surface area contributed by atoms with Crippen molar-refractivity contribution < 1.29 is 9.53 Å². The fourth-order valence-electron chi connectivity index (χ4n) is 1.39. The van der Waals surface area contributed by atoms with Crippen LogP contribution in [0.25, 0.3) is 0 Å². The maximum absolute atomic E-state index is 11.8. The number of carbonyl (C=O) groups excluding carboxylic acids is 1. The Labute approximate surface area is 128 Å². The van der Waals surface area contributed by atoms with Crippen molar-refractivity contribution in [3.8, 4) is 11.8 Å². The van der Waals surface area contributed by atoms with E-state index in [0.717, 1.165) is 0 Å². The van der Waals surface area contributed by atoms with Crippen LogP contribution < -0.4 is 10.1 Å². The van der Waals surface area contributed by atoms with E-state index in [-0.39, 0.29) is 18.4 Å².